The van der Waals surface area contributed by atoms with E-state index >= 15 is 0 Å². The third kappa shape index (κ3) is 4.11. The lowest BCUT2D eigenvalue weighted by molar-refractivity contribution is 0.391. The number of halogens is 2. The average Bonchev–Trinajstić information content (AvgIpc) is 3.38. The minimum Gasteiger partial charge on any atom is -0.338 e. The van der Waals surface area contributed by atoms with Crippen LogP contribution >= 0.6 is 46.9 Å². The Morgan fingerprint density at radius 1 is 1.22 bits per heavy atom. The monoisotopic (exact) mass is 503 g/mol. The van der Waals surface area contributed by atoms with E-state index in [1.807, 2.05) is 12.1 Å². The molecule has 0 fully saturated rings. The fourth-order valence-corrected chi connectivity index (χ4v) is 5.06. The van der Waals surface area contributed by atoms with E-state index in [0.717, 1.165) is 5.69 Å². The van der Waals surface area contributed by atoms with Crippen LogP contribution in [0.4, 0.5) is 4.39 Å². The Morgan fingerprint density at radius 2 is 2.03 bits per heavy atom. The maximum atomic E-state index is 13.4. The zero-order valence-electron chi connectivity index (χ0n) is 15.9. The Labute approximate surface area is 197 Å². The number of hydrogen-bond donors (Lipinski definition) is 1. The van der Waals surface area contributed by atoms with Gasteiger partial charge in [0.15, 0.2) is 14.8 Å². The van der Waals surface area contributed by atoms with Crippen LogP contribution in [0.1, 0.15) is 5.89 Å². The van der Waals surface area contributed by atoms with Gasteiger partial charge in [0.1, 0.15) is 10.5 Å². The molecule has 0 amide bonds. The number of benzene rings is 2. The molecule has 160 valence electrons. The molecule has 0 radical (unpaired) electrons. The molecule has 0 aliphatic rings. The van der Waals surface area contributed by atoms with Gasteiger partial charge in [0.05, 0.1) is 5.75 Å². The standard InChI is InChI=1S/C20H11ClFN5O2S3/c21-11-4-6-13(7-5-11)27-17-15(32-20(27)30)18(28)25-19(24-17)31-9-14-23-16(26-29-14)10-2-1-3-12(22)8-10/h1-8H,9H2,(H,24,25,28). The number of fused-ring (bicyclic) bond motifs is 1. The first-order valence-electron chi connectivity index (χ1n) is 9.11. The van der Waals surface area contributed by atoms with Gasteiger partial charge in [0.25, 0.3) is 5.56 Å². The zero-order valence-corrected chi connectivity index (χ0v) is 19.1. The molecule has 32 heavy (non-hydrogen) atoms. The molecule has 0 atom stereocenters. The maximum absolute atomic E-state index is 13.4. The number of aromatic nitrogens is 5. The molecule has 0 spiro atoms. The van der Waals surface area contributed by atoms with Gasteiger partial charge in [-0.15, -0.1) is 0 Å². The van der Waals surface area contributed by atoms with Crippen molar-refractivity contribution in [3.8, 4) is 17.1 Å². The molecule has 7 nitrogen and oxygen atoms in total. The van der Waals surface area contributed by atoms with Crippen molar-refractivity contribution >= 4 is 57.3 Å². The smallest absolute Gasteiger partial charge is 0.271 e. The SMILES string of the molecule is O=c1[nH]c(SCc2nc(-c3cccc(F)c3)no2)nc2c1sc(=S)n2-c1ccc(Cl)cc1. The van der Waals surface area contributed by atoms with Crippen molar-refractivity contribution < 1.29 is 8.91 Å². The molecule has 3 aromatic heterocycles. The second-order valence-corrected chi connectivity index (χ2v) is 9.56. The summed E-state index contributed by atoms with van der Waals surface area (Å²) in [5.74, 6) is 0.481. The Hall–Kier alpha value is -2.86. The van der Waals surface area contributed by atoms with E-state index in [1.54, 1.807) is 28.8 Å². The molecule has 5 aromatic rings. The van der Waals surface area contributed by atoms with Gasteiger partial charge < -0.3 is 9.51 Å². The number of nitrogens with one attached hydrogen (secondary N) is 1. The summed E-state index contributed by atoms with van der Waals surface area (Å²) < 4.78 is 21.3. The van der Waals surface area contributed by atoms with Gasteiger partial charge in [-0.3, -0.25) is 9.36 Å². The summed E-state index contributed by atoms with van der Waals surface area (Å²) in [4.78, 5) is 24.2. The molecule has 0 aliphatic carbocycles. The fourth-order valence-electron chi connectivity index (χ4n) is 2.97. The minimum absolute atomic E-state index is 0.266. The first kappa shape index (κ1) is 21.0. The van der Waals surface area contributed by atoms with Crippen LogP contribution in [0.2, 0.25) is 5.02 Å². The van der Waals surface area contributed by atoms with Crippen LogP contribution in [-0.4, -0.2) is 24.7 Å². The van der Waals surface area contributed by atoms with Crippen molar-refractivity contribution in [2.75, 3.05) is 0 Å². The van der Waals surface area contributed by atoms with Gasteiger partial charge in [0, 0.05) is 16.3 Å². The Morgan fingerprint density at radius 3 is 2.81 bits per heavy atom. The molecule has 0 saturated heterocycles. The summed E-state index contributed by atoms with van der Waals surface area (Å²) in [6.07, 6.45) is 0. The van der Waals surface area contributed by atoms with Gasteiger partial charge >= 0.3 is 0 Å². The summed E-state index contributed by atoms with van der Waals surface area (Å²) >= 11 is 13.9. The van der Waals surface area contributed by atoms with E-state index in [1.165, 1.54) is 35.2 Å². The predicted molar refractivity (Wildman–Crippen MR) is 125 cm³/mol. The maximum Gasteiger partial charge on any atom is 0.271 e. The first-order valence-corrected chi connectivity index (χ1v) is 11.7. The molecule has 3 heterocycles. The van der Waals surface area contributed by atoms with Crippen molar-refractivity contribution in [1.29, 1.82) is 0 Å². The van der Waals surface area contributed by atoms with Gasteiger partial charge in [-0.05, 0) is 48.6 Å². The van der Waals surface area contributed by atoms with Crippen molar-refractivity contribution in [2.24, 2.45) is 0 Å². The molecule has 0 unspecified atom stereocenters. The van der Waals surface area contributed by atoms with E-state index in [9.17, 15) is 9.18 Å². The summed E-state index contributed by atoms with van der Waals surface area (Å²) in [5, 5.41) is 4.86. The number of hydrogen-bond acceptors (Lipinski definition) is 8. The summed E-state index contributed by atoms with van der Waals surface area (Å²) in [6, 6.07) is 13.0. The lowest BCUT2D eigenvalue weighted by atomic mass is 10.2. The number of nitrogens with zero attached hydrogens (tertiary/aromatic N) is 4. The third-order valence-electron chi connectivity index (χ3n) is 4.39. The molecule has 0 saturated carbocycles. The largest absolute Gasteiger partial charge is 0.338 e. The number of thiazole rings is 1. The number of H-pyrrole nitrogens is 1. The number of rotatable bonds is 5. The van der Waals surface area contributed by atoms with Crippen LogP contribution in [0, 0.1) is 9.77 Å². The lowest BCUT2D eigenvalue weighted by Crippen LogP contribution is -2.09. The molecule has 1 N–H and O–H groups in total. The normalized spacial score (nSPS) is 11.3. The molecule has 12 heteroatoms. The first-order chi connectivity index (χ1) is 15.5. The highest BCUT2D eigenvalue weighted by Gasteiger charge is 2.15. The van der Waals surface area contributed by atoms with E-state index in [0.29, 0.717) is 35.9 Å². The summed E-state index contributed by atoms with van der Waals surface area (Å²) in [6.45, 7) is 0. The topological polar surface area (TPSA) is 89.6 Å². The van der Waals surface area contributed by atoms with Crippen LogP contribution in [0.15, 0.2) is 63.0 Å². The van der Waals surface area contributed by atoms with Crippen LogP contribution in [0.25, 0.3) is 27.4 Å². The summed E-state index contributed by atoms with van der Waals surface area (Å²) in [7, 11) is 0. The Balaban J connectivity index is 1.44. The van der Waals surface area contributed by atoms with Crippen LogP contribution in [-0.2, 0) is 5.75 Å². The van der Waals surface area contributed by atoms with E-state index in [4.69, 9.17) is 28.3 Å². The molecule has 5 rings (SSSR count). The fraction of sp³-hybridized carbons (Fsp3) is 0.0500. The molecular weight excluding hydrogens is 493 g/mol. The second kappa shape index (κ2) is 8.58. The average molecular weight is 504 g/mol. The van der Waals surface area contributed by atoms with Gasteiger partial charge in [0.2, 0.25) is 11.7 Å². The zero-order chi connectivity index (χ0) is 22.2. The number of thioether (sulfide) groups is 1. The molecule has 0 aliphatic heterocycles. The van der Waals surface area contributed by atoms with Gasteiger partial charge in [-0.1, -0.05) is 52.0 Å². The molecule has 0 bridgehead atoms. The number of aromatic amines is 1. The van der Waals surface area contributed by atoms with Crippen LogP contribution < -0.4 is 5.56 Å². The molecule has 2 aromatic carbocycles. The van der Waals surface area contributed by atoms with E-state index in [2.05, 4.69) is 20.1 Å². The van der Waals surface area contributed by atoms with Crippen LogP contribution in [0.5, 0.6) is 0 Å². The quantitative estimate of drug-likeness (QED) is 0.188. The van der Waals surface area contributed by atoms with Gasteiger partial charge in [-0.2, -0.15) is 4.98 Å². The van der Waals surface area contributed by atoms with Crippen molar-refractivity contribution in [3.63, 3.8) is 0 Å². The molecular formula is C20H11ClFN5O2S3. The second-order valence-electron chi connectivity index (χ2n) is 6.51. The van der Waals surface area contributed by atoms with Crippen molar-refractivity contribution in [3.05, 3.63) is 79.6 Å². The Bertz CT molecular complexity index is 1560. The van der Waals surface area contributed by atoms with Crippen LogP contribution in [0.3, 0.4) is 0 Å². The minimum atomic E-state index is -0.385. The summed E-state index contributed by atoms with van der Waals surface area (Å²) in [5.41, 5.74) is 1.45. The van der Waals surface area contributed by atoms with E-state index in [-0.39, 0.29) is 23.0 Å². The van der Waals surface area contributed by atoms with Gasteiger partial charge in [-0.25, -0.2) is 9.37 Å². The van der Waals surface area contributed by atoms with E-state index < -0.39 is 0 Å². The third-order valence-corrected chi connectivity index (χ3v) is 6.86. The highest BCUT2D eigenvalue weighted by atomic mass is 35.5. The van der Waals surface area contributed by atoms with Crippen molar-refractivity contribution in [2.45, 2.75) is 10.9 Å². The predicted octanol–water partition coefficient (Wildman–Crippen LogP) is 5.64. The highest BCUT2D eigenvalue weighted by molar-refractivity contribution is 7.98. The lowest BCUT2D eigenvalue weighted by Gasteiger charge is -2.05. The Kier molecular flexibility index (Phi) is 5.64. The van der Waals surface area contributed by atoms with Crippen molar-refractivity contribution in [1.82, 2.24) is 24.7 Å². The highest BCUT2D eigenvalue weighted by Crippen LogP contribution is 2.27.